The molecule has 3 aromatic rings. The molecule has 0 spiro atoms. The van der Waals surface area contributed by atoms with E-state index < -0.39 is 0 Å². The molecule has 2 atom stereocenters. The zero-order valence-electron chi connectivity index (χ0n) is 18.8. The molecule has 0 N–H and O–H groups in total. The van der Waals surface area contributed by atoms with E-state index in [2.05, 4.69) is 47.5 Å². The largest absolute Gasteiger partial charge is 0.348 e. The van der Waals surface area contributed by atoms with E-state index in [1.54, 1.807) is 0 Å². The number of carbonyl (C=O) groups is 2. The minimum Gasteiger partial charge on any atom is -0.348 e. The summed E-state index contributed by atoms with van der Waals surface area (Å²) in [5, 5.41) is 0. The normalized spacial score (nSPS) is 20.1. The molecule has 0 radical (unpaired) electrons. The van der Waals surface area contributed by atoms with Gasteiger partial charge in [0.2, 0.25) is 11.8 Å². The van der Waals surface area contributed by atoms with Crippen molar-refractivity contribution in [3.05, 3.63) is 83.4 Å². The Labute approximate surface area is 189 Å². The highest BCUT2D eigenvalue weighted by atomic mass is 16.2. The van der Waals surface area contributed by atoms with E-state index in [4.69, 9.17) is 0 Å². The lowest BCUT2D eigenvalue weighted by Crippen LogP contribution is -2.41. The van der Waals surface area contributed by atoms with Gasteiger partial charge in [0.15, 0.2) is 0 Å². The first-order valence-electron chi connectivity index (χ1n) is 11.5. The molecule has 0 saturated heterocycles. The molecule has 32 heavy (non-hydrogen) atoms. The van der Waals surface area contributed by atoms with Gasteiger partial charge in [0.05, 0.1) is 24.9 Å². The van der Waals surface area contributed by atoms with Crippen LogP contribution in [-0.2, 0) is 35.5 Å². The van der Waals surface area contributed by atoms with Gasteiger partial charge in [-0.2, -0.15) is 0 Å². The van der Waals surface area contributed by atoms with E-state index >= 15 is 0 Å². The van der Waals surface area contributed by atoms with Gasteiger partial charge in [-0.3, -0.25) is 9.59 Å². The highest BCUT2D eigenvalue weighted by Crippen LogP contribution is 2.27. The van der Waals surface area contributed by atoms with Crippen molar-refractivity contribution in [3.8, 4) is 0 Å². The highest BCUT2D eigenvalue weighted by molar-refractivity contribution is 5.80. The Morgan fingerprint density at radius 3 is 1.50 bits per heavy atom. The summed E-state index contributed by atoms with van der Waals surface area (Å²) >= 11 is 0. The monoisotopic (exact) mass is 430 g/mol. The summed E-state index contributed by atoms with van der Waals surface area (Å²) in [4.78, 5) is 29.8. The number of amides is 2. The first kappa shape index (κ1) is 20.6. The summed E-state index contributed by atoms with van der Waals surface area (Å²) in [6.07, 6.45) is 4.94. The third kappa shape index (κ3) is 3.74. The van der Waals surface area contributed by atoms with Crippen molar-refractivity contribution < 1.29 is 9.59 Å². The first-order valence-corrected chi connectivity index (χ1v) is 11.5. The summed E-state index contributed by atoms with van der Waals surface area (Å²) in [5.41, 5.74) is 4.36. The fourth-order valence-corrected chi connectivity index (χ4v) is 5.17. The average Bonchev–Trinajstić information content (AvgIpc) is 3.45. The van der Waals surface area contributed by atoms with Gasteiger partial charge >= 0.3 is 0 Å². The van der Waals surface area contributed by atoms with E-state index in [1.165, 1.54) is 11.4 Å². The van der Waals surface area contributed by atoms with Crippen LogP contribution in [0.15, 0.2) is 60.9 Å². The second-order valence-corrected chi connectivity index (χ2v) is 8.95. The summed E-state index contributed by atoms with van der Waals surface area (Å²) in [6.45, 7) is 7.36. The Kier molecular flexibility index (Phi) is 5.37. The third-order valence-electron chi connectivity index (χ3n) is 7.06. The van der Waals surface area contributed by atoms with Crippen molar-refractivity contribution in [1.29, 1.82) is 0 Å². The minimum absolute atomic E-state index is 0.0933. The SMILES string of the molecule is CC1c2cccn2CCN1C(=O)Cc1ccc(CC(=O)N2CCn3cccc3C2C)cc1. The van der Waals surface area contributed by atoms with Crippen molar-refractivity contribution in [3.63, 3.8) is 0 Å². The number of benzene rings is 1. The molecule has 0 fully saturated rings. The van der Waals surface area contributed by atoms with E-state index in [9.17, 15) is 9.59 Å². The second-order valence-electron chi connectivity index (χ2n) is 8.95. The number of rotatable bonds is 4. The van der Waals surface area contributed by atoms with Crippen LogP contribution in [0, 0.1) is 0 Å². The molecule has 2 amide bonds. The van der Waals surface area contributed by atoms with Gasteiger partial charge in [0, 0.05) is 50.0 Å². The first-order chi connectivity index (χ1) is 15.5. The Balaban J connectivity index is 1.19. The van der Waals surface area contributed by atoms with E-state index in [0.29, 0.717) is 12.8 Å². The van der Waals surface area contributed by atoms with Gasteiger partial charge in [0.25, 0.3) is 0 Å². The Morgan fingerprint density at radius 2 is 1.09 bits per heavy atom. The molecule has 2 aromatic heterocycles. The fraction of sp³-hybridized carbons (Fsp3) is 0.385. The molecule has 4 heterocycles. The maximum Gasteiger partial charge on any atom is 0.227 e. The number of carbonyl (C=O) groups excluding carboxylic acids is 2. The Bertz CT molecular complexity index is 1040. The van der Waals surface area contributed by atoms with Crippen LogP contribution in [0.1, 0.15) is 48.4 Å². The number of hydrogen-bond donors (Lipinski definition) is 0. The van der Waals surface area contributed by atoms with Crippen LogP contribution in [0.2, 0.25) is 0 Å². The number of nitrogens with zero attached hydrogens (tertiary/aromatic N) is 4. The number of fused-ring (bicyclic) bond motifs is 2. The molecule has 2 unspecified atom stereocenters. The van der Waals surface area contributed by atoms with Gasteiger partial charge in [-0.05, 0) is 49.2 Å². The van der Waals surface area contributed by atoms with Gasteiger partial charge in [-0.1, -0.05) is 24.3 Å². The zero-order chi connectivity index (χ0) is 22.2. The van der Waals surface area contributed by atoms with Crippen LogP contribution in [0.4, 0.5) is 0 Å². The van der Waals surface area contributed by atoms with Gasteiger partial charge in [-0.15, -0.1) is 0 Å². The van der Waals surface area contributed by atoms with Crippen molar-refractivity contribution in [2.24, 2.45) is 0 Å². The molecule has 0 saturated carbocycles. The zero-order valence-corrected chi connectivity index (χ0v) is 18.8. The Hall–Kier alpha value is -3.28. The third-order valence-corrected chi connectivity index (χ3v) is 7.06. The van der Waals surface area contributed by atoms with Gasteiger partial charge in [-0.25, -0.2) is 0 Å². The Morgan fingerprint density at radius 1 is 0.688 bits per heavy atom. The minimum atomic E-state index is 0.0933. The van der Waals surface area contributed by atoms with Crippen LogP contribution in [0.25, 0.3) is 0 Å². The summed E-state index contributed by atoms with van der Waals surface area (Å²) < 4.78 is 4.45. The second kappa shape index (κ2) is 8.34. The van der Waals surface area contributed by atoms with Gasteiger partial charge in [0.1, 0.15) is 0 Å². The molecule has 6 nitrogen and oxygen atoms in total. The van der Waals surface area contributed by atoms with E-state index in [-0.39, 0.29) is 23.9 Å². The highest BCUT2D eigenvalue weighted by Gasteiger charge is 2.28. The van der Waals surface area contributed by atoms with Crippen molar-refractivity contribution in [2.45, 2.75) is 51.9 Å². The number of aromatic nitrogens is 2. The molecular formula is C26H30N4O2. The predicted octanol–water partition coefficient (Wildman–Crippen LogP) is 3.58. The summed E-state index contributed by atoms with van der Waals surface area (Å²) in [5.74, 6) is 0.304. The standard InChI is InChI=1S/C26H30N4O2/c1-19-23-5-3-11-27(23)13-15-29(19)25(31)17-21-7-9-22(10-8-21)18-26(32)30-16-14-28-12-4-6-24(28)20(30)2/h3-12,19-20H,13-18H2,1-2H3. The van der Waals surface area contributed by atoms with E-state index in [0.717, 1.165) is 37.3 Å². The molecule has 0 bridgehead atoms. The summed E-state index contributed by atoms with van der Waals surface area (Å²) in [6, 6.07) is 16.4. The molecule has 5 rings (SSSR count). The number of hydrogen-bond acceptors (Lipinski definition) is 2. The lowest BCUT2D eigenvalue weighted by Gasteiger charge is -2.35. The van der Waals surface area contributed by atoms with Crippen LogP contribution >= 0.6 is 0 Å². The maximum atomic E-state index is 12.9. The molecule has 2 aliphatic heterocycles. The summed E-state index contributed by atoms with van der Waals surface area (Å²) in [7, 11) is 0. The molecule has 2 aliphatic rings. The molecular weight excluding hydrogens is 400 g/mol. The lowest BCUT2D eigenvalue weighted by molar-refractivity contribution is -0.134. The molecule has 1 aromatic carbocycles. The smallest absolute Gasteiger partial charge is 0.227 e. The average molecular weight is 431 g/mol. The maximum absolute atomic E-state index is 12.9. The molecule has 6 heteroatoms. The van der Waals surface area contributed by atoms with Crippen LogP contribution in [-0.4, -0.2) is 43.8 Å². The molecule has 0 aliphatic carbocycles. The predicted molar refractivity (Wildman–Crippen MR) is 123 cm³/mol. The van der Waals surface area contributed by atoms with Crippen molar-refractivity contribution >= 4 is 11.8 Å². The van der Waals surface area contributed by atoms with Crippen LogP contribution < -0.4 is 0 Å². The lowest BCUT2D eigenvalue weighted by atomic mass is 10.0. The fourth-order valence-electron chi connectivity index (χ4n) is 5.17. The molecule has 166 valence electrons. The van der Waals surface area contributed by atoms with Crippen molar-refractivity contribution in [2.75, 3.05) is 13.1 Å². The van der Waals surface area contributed by atoms with Crippen LogP contribution in [0.3, 0.4) is 0 Å². The topological polar surface area (TPSA) is 50.5 Å². The van der Waals surface area contributed by atoms with Crippen LogP contribution in [0.5, 0.6) is 0 Å². The quantitative estimate of drug-likeness (QED) is 0.635. The van der Waals surface area contributed by atoms with E-state index in [1.807, 2.05) is 46.2 Å². The van der Waals surface area contributed by atoms with Gasteiger partial charge < -0.3 is 18.9 Å². The van der Waals surface area contributed by atoms with Crippen molar-refractivity contribution in [1.82, 2.24) is 18.9 Å².